The lowest BCUT2D eigenvalue weighted by atomic mass is 10.0. The van der Waals surface area contributed by atoms with Crippen LogP contribution in [0.1, 0.15) is 43.7 Å². The lowest BCUT2D eigenvalue weighted by molar-refractivity contribution is 0.0897. The summed E-state index contributed by atoms with van der Waals surface area (Å²) in [4.78, 5) is 11.1. The van der Waals surface area contributed by atoms with Crippen LogP contribution in [0.15, 0.2) is 24.5 Å². The Morgan fingerprint density at radius 3 is 2.55 bits per heavy atom. The van der Waals surface area contributed by atoms with Crippen LogP contribution in [0.2, 0.25) is 5.02 Å². The average Bonchev–Trinajstić information content (AvgIpc) is 2.79. The van der Waals surface area contributed by atoms with E-state index in [1.165, 1.54) is 6.33 Å². The molecule has 2 saturated heterocycles. The molecule has 2 aliphatic rings. The maximum atomic E-state index is 11.2. The smallest absolute Gasteiger partial charge is 0.304 e. The van der Waals surface area contributed by atoms with E-state index in [9.17, 15) is 4.21 Å². The van der Waals surface area contributed by atoms with Gasteiger partial charge in [-0.1, -0.05) is 31.5 Å². The maximum absolute atomic E-state index is 11.2. The summed E-state index contributed by atoms with van der Waals surface area (Å²) in [5.74, 6) is 2.06. The summed E-state index contributed by atoms with van der Waals surface area (Å²) in [6.45, 7) is 10.2. The summed E-state index contributed by atoms with van der Waals surface area (Å²) >= 11 is 4.81. The summed E-state index contributed by atoms with van der Waals surface area (Å²) < 4.78 is 33.6. The van der Waals surface area contributed by atoms with Gasteiger partial charge in [0.25, 0.3) is 0 Å². The maximum Gasteiger partial charge on any atom is 0.304 e. The van der Waals surface area contributed by atoms with Gasteiger partial charge in [-0.2, -0.15) is 4.21 Å². The molecule has 0 N–H and O–H groups in total. The van der Waals surface area contributed by atoms with Crippen LogP contribution in [0.25, 0.3) is 0 Å². The van der Waals surface area contributed by atoms with Gasteiger partial charge in [0.05, 0.1) is 23.8 Å². The lowest BCUT2D eigenvalue weighted by Crippen LogP contribution is -2.40. The highest BCUT2D eigenvalue weighted by molar-refractivity contribution is 7.75. The van der Waals surface area contributed by atoms with Crippen molar-refractivity contribution >= 4 is 23.0 Å². The van der Waals surface area contributed by atoms with Gasteiger partial charge in [-0.15, -0.1) is 0 Å². The molecule has 0 unspecified atom stereocenters. The number of ether oxygens (including phenoxy) is 2. The highest BCUT2D eigenvalue weighted by Gasteiger charge is 2.24. The van der Waals surface area contributed by atoms with Crippen molar-refractivity contribution in [1.29, 1.82) is 0 Å². The molecule has 4 rings (SSSR count). The van der Waals surface area contributed by atoms with Crippen LogP contribution >= 0.6 is 11.6 Å². The van der Waals surface area contributed by atoms with Crippen molar-refractivity contribution in [3.8, 4) is 17.5 Å². The molecule has 180 valence electrons. The summed E-state index contributed by atoms with van der Waals surface area (Å²) in [6, 6.07) is 5.49. The molecule has 0 atom stereocenters. The van der Waals surface area contributed by atoms with Crippen LogP contribution in [-0.4, -0.2) is 58.0 Å². The van der Waals surface area contributed by atoms with E-state index in [0.717, 1.165) is 43.6 Å². The van der Waals surface area contributed by atoms with Gasteiger partial charge in [0.1, 0.15) is 18.2 Å². The second-order valence-corrected chi connectivity index (χ2v) is 10.2. The van der Waals surface area contributed by atoms with E-state index in [1.54, 1.807) is 12.1 Å². The molecule has 2 aromatic rings. The molecule has 0 bridgehead atoms. The third kappa shape index (κ3) is 6.42. The minimum absolute atomic E-state index is 0.0398. The van der Waals surface area contributed by atoms with Gasteiger partial charge in [-0.05, 0) is 43.4 Å². The first-order chi connectivity index (χ1) is 15.9. The van der Waals surface area contributed by atoms with Crippen molar-refractivity contribution in [2.45, 2.75) is 45.6 Å². The first-order valence-corrected chi connectivity index (χ1v) is 12.6. The number of rotatable bonds is 7. The van der Waals surface area contributed by atoms with Gasteiger partial charge in [0, 0.05) is 25.6 Å². The largest absolute Gasteiger partial charge is 0.474 e. The second-order valence-electron chi connectivity index (χ2n) is 8.88. The van der Waals surface area contributed by atoms with Crippen LogP contribution in [0.3, 0.4) is 0 Å². The molecule has 3 heterocycles. The number of likely N-dealkylation sites (tertiary alicyclic amines) is 1. The van der Waals surface area contributed by atoms with E-state index in [2.05, 4.69) is 28.7 Å². The van der Waals surface area contributed by atoms with Crippen molar-refractivity contribution in [2.75, 3.05) is 32.8 Å². The SMILES string of the molecule is Cc1c(Oc2ccc(C3COS(=O)OC3)cc2Cl)ncnc1OC1CCN(CC(C)C)CC1. The van der Waals surface area contributed by atoms with E-state index >= 15 is 0 Å². The number of hydrogen-bond donors (Lipinski definition) is 0. The molecule has 33 heavy (non-hydrogen) atoms. The highest BCUT2D eigenvalue weighted by Crippen LogP contribution is 2.35. The molecule has 2 fully saturated rings. The first kappa shape index (κ1) is 24.3. The quantitative estimate of drug-likeness (QED) is 0.557. The number of piperidine rings is 1. The number of halogens is 1. The van der Waals surface area contributed by atoms with E-state index in [4.69, 9.17) is 29.4 Å². The molecule has 0 radical (unpaired) electrons. The van der Waals surface area contributed by atoms with Crippen LogP contribution in [0, 0.1) is 12.8 Å². The molecule has 1 aromatic carbocycles. The van der Waals surface area contributed by atoms with Crippen LogP contribution < -0.4 is 9.47 Å². The predicted octanol–water partition coefficient (Wildman–Crippen LogP) is 4.44. The molecule has 10 heteroatoms. The minimum atomic E-state index is -1.67. The van der Waals surface area contributed by atoms with Crippen molar-refractivity contribution in [3.63, 3.8) is 0 Å². The second kappa shape index (κ2) is 11.1. The zero-order valence-electron chi connectivity index (χ0n) is 19.2. The Bertz CT molecular complexity index is 975. The fourth-order valence-electron chi connectivity index (χ4n) is 4.03. The zero-order valence-corrected chi connectivity index (χ0v) is 20.7. The Morgan fingerprint density at radius 2 is 1.88 bits per heavy atom. The van der Waals surface area contributed by atoms with E-state index in [-0.39, 0.29) is 12.0 Å². The van der Waals surface area contributed by atoms with Crippen molar-refractivity contribution < 1.29 is 22.0 Å². The third-order valence-electron chi connectivity index (χ3n) is 5.79. The lowest BCUT2D eigenvalue weighted by Gasteiger charge is -2.33. The minimum Gasteiger partial charge on any atom is -0.474 e. The molecule has 0 aliphatic carbocycles. The van der Waals surface area contributed by atoms with Crippen molar-refractivity contribution in [3.05, 3.63) is 40.7 Å². The average molecular weight is 496 g/mol. The van der Waals surface area contributed by atoms with Gasteiger partial charge in [-0.25, -0.2) is 9.97 Å². The third-order valence-corrected chi connectivity index (χ3v) is 6.75. The monoisotopic (exact) mass is 495 g/mol. The van der Waals surface area contributed by atoms with E-state index in [1.807, 2.05) is 13.0 Å². The highest BCUT2D eigenvalue weighted by atomic mass is 35.5. The number of hydrogen-bond acceptors (Lipinski definition) is 8. The van der Waals surface area contributed by atoms with Crippen LogP contribution in [0.4, 0.5) is 0 Å². The Balaban J connectivity index is 1.39. The summed E-state index contributed by atoms with van der Waals surface area (Å²) in [7, 11) is 0. The van der Waals surface area contributed by atoms with Gasteiger partial charge in [0.2, 0.25) is 11.8 Å². The molecule has 0 spiro atoms. The Labute approximate surface area is 202 Å². The Morgan fingerprint density at radius 1 is 1.18 bits per heavy atom. The van der Waals surface area contributed by atoms with E-state index in [0.29, 0.717) is 41.7 Å². The fraction of sp³-hybridized carbons (Fsp3) is 0.565. The summed E-state index contributed by atoms with van der Waals surface area (Å²) in [5, 5.41) is 0.442. The molecular weight excluding hydrogens is 466 g/mol. The molecule has 0 amide bonds. The zero-order chi connectivity index (χ0) is 23.4. The molecule has 0 saturated carbocycles. The van der Waals surface area contributed by atoms with Crippen molar-refractivity contribution in [1.82, 2.24) is 14.9 Å². The predicted molar refractivity (Wildman–Crippen MR) is 126 cm³/mol. The van der Waals surface area contributed by atoms with Gasteiger partial charge >= 0.3 is 11.4 Å². The molecular formula is C23H30ClN3O5S. The van der Waals surface area contributed by atoms with Gasteiger partial charge in [-0.3, -0.25) is 8.37 Å². The fourth-order valence-corrected chi connectivity index (χ4v) is 4.88. The Hall–Kier alpha value is -1.78. The normalized spacial score (nSPS) is 22.5. The molecule has 8 nitrogen and oxygen atoms in total. The van der Waals surface area contributed by atoms with Crippen LogP contribution in [-0.2, 0) is 19.7 Å². The topological polar surface area (TPSA) is 83.0 Å². The van der Waals surface area contributed by atoms with E-state index < -0.39 is 11.4 Å². The first-order valence-electron chi connectivity index (χ1n) is 11.2. The Kier molecular flexibility index (Phi) is 8.19. The van der Waals surface area contributed by atoms with Crippen LogP contribution in [0.5, 0.6) is 17.5 Å². The van der Waals surface area contributed by atoms with Gasteiger partial charge < -0.3 is 14.4 Å². The number of benzene rings is 1. The number of aromatic nitrogens is 2. The summed E-state index contributed by atoms with van der Waals surface area (Å²) in [5.41, 5.74) is 1.66. The number of nitrogens with zero attached hydrogens (tertiary/aromatic N) is 3. The molecule has 1 aromatic heterocycles. The summed E-state index contributed by atoms with van der Waals surface area (Å²) in [6.07, 6.45) is 3.53. The van der Waals surface area contributed by atoms with Gasteiger partial charge in [0.15, 0.2) is 0 Å². The van der Waals surface area contributed by atoms with Crippen molar-refractivity contribution in [2.24, 2.45) is 5.92 Å². The molecule has 2 aliphatic heterocycles. The standard InChI is InChI=1S/C23H30ClN3O5S/c1-15(2)11-27-8-6-19(7-9-27)31-22-16(3)23(26-14-25-22)32-21-5-4-17(10-20(21)24)18-12-29-33(28)30-13-18/h4-5,10,14-15,18-19H,6-9,11-13H2,1-3H3.